The van der Waals surface area contributed by atoms with E-state index in [0.29, 0.717) is 12.5 Å². The minimum Gasteiger partial charge on any atom is -0.336 e. The molecule has 6 nitrogen and oxygen atoms in total. The van der Waals surface area contributed by atoms with Gasteiger partial charge in [-0.15, -0.1) is 11.3 Å². The average molecular weight is 412 g/mol. The van der Waals surface area contributed by atoms with Gasteiger partial charge in [-0.2, -0.15) is 0 Å². The van der Waals surface area contributed by atoms with E-state index in [4.69, 9.17) is 0 Å². The van der Waals surface area contributed by atoms with Crippen LogP contribution < -0.4 is 10.6 Å². The molecule has 7 heteroatoms. The lowest BCUT2D eigenvalue weighted by molar-refractivity contribution is 0.244. The molecule has 2 heterocycles. The van der Waals surface area contributed by atoms with E-state index < -0.39 is 0 Å². The van der Waals surface area contributed by atoms with Gasteiger partial charge in [0, 0.05) is 42.0 Å². The SMILES string of the molecule is CC(C)c1nccn1Cc1cccc(NC(=O)NCC(c2cccs2)N(C)C)c1. The lowest BCUT2D eigenvalue weighted by atomic mass is 10.1. The summed E-state index contributed by atoms with van der Waals surface area (Å²) in [6, 6.07) is 12.0. The summed E-state index contributed by atoms with van der Waals surface area (Å²) < 4.78 is 2.15. The van der Waals surface area contributed by atoms with Crippen molar-refractivity contribution >= 4 is 23.1 Å². The zero-order chi connectivity index (χ0) is 20.8. The quantitative estimate of drug-likeness (QED) is 0.572. The third kappa shape index (κ3) is 5.68. The smallest absolute Gasteiger partial charge is 0.319 e. The minimum absolute atomic E-state index is 0.155. The Labute approximate surface area is 176 Å². The Morgan fingerprint density at radius 1 is 1.24 bits per heavy atom. The van der Waals surface area contributed by atoms with Gasteiger partial charge in [0.1, 0.15) is 5.82 Å². The third-order valence-corrected chi connectivity index (χ3v) is 5.73. The van der Waals surface area contributed by atoms with E-state index in [-0.39, 0.29) is 12.1 Å². The molecule has 0 bridgehead atoms. The maximum atomic E-state index is 12.4. The molecule has 1 atom stereocenters. The molecular formula is C22H29N5OS. The van der Waals surface area contributed by atoms with Crippen LogP contribution in [-0.4, -0.2) is 41.1 Å². The molecule has 2 N–H and O–H groups in total. The van der Waals surface area contributed by atoms with Gasteiger partial charge < -0.3 is 20.1 Å². The molecule has 0 radical (unpaired) electrons. The highest BCUT2D eigenvalue weighted by Gasteiger charge is 2.16. The van der Waals surface area contributed by atoms with E-state index in [0.717, 1.165) is 23.6 Å². The summed E-state index contributed by atoms with van der Waals surface area (Å²) in [6.07, 6.45) is 3.83. The van der Waals surface area contributed by atoms with E-state index in [1.54, 1.807) is 11.3 Å². The fourth-order valence-electron chi connectivity index (χ4n) is 3.28. The molecule has 0 spiro atoms. The monoisotopic (exact) mass is 411 g/mol. The van der Waals surface area contributed by atoms with E-state index in [9.17, 15) is 4.79 Å². The average Bonchev–Trinajstić information content (AvgIpc) is 3.34. The van der Waals surface area contributed by atoms with Gasteiger partial charge in [-0.1, -0.05) is 32.0 Å². The van der Waals surface area contributed by atoms with Crippen molar-refractivity contribution < 1.29 is 4.79 Å². The summed E-state index contributed by atoms with van der Waals surface area (Å²) in [7, 11) is 4.05. The molecule has 29 heavy (non-hydrogen) atoms. The van der Waals surface area contributed by atoms with Crippen molar-refractivity contribution in [3.8, 4) is 0 Å². The topological polar surface area (TPSA) is 62.2 Å². The zero-order valence-corrected chi connectivity index (χ0v) is 18.2. The van der Waals surface area contributed by atoms with Gasteiger partial charge in [0.2, 0.25) is 0 Å². The van der Waals surface area contributed by atoms with Gasteiger partial charge in [-0.25, -0.2) is 9.78 Å². The first-order valence-electron chi connectivity index (χ1n) is 9.78. The second kappa shape index (κ2) is 9.71. The van der Waals surface area contributed by atoms with Gasteiger partial charge >= 0.3 is 6.03 Å². The molecule has 0 saturated carbocycles. The van der Waals surface area contributed by atoms with Gasteiger partial charge in [0.05, 0.1) is 6.04 Å². The second-order valence-corrected chi connectivity index (χ2v) is 8.58. The van der Waals surface area contributed by atoms with Crippen LogP contribution in [0.3, 0.4) is 0 Å². The number of aromatic nitrogens is 2. The Hall–Kier alpha value is -2.64. The van der Waals surface area contributed by atoms with Crippen LogP contribution in [0.4, 0.5) is 10.5 Å². The summed E-state index contributed by atoms with van der Waals surface area (Å²) >= 11 is 1.70. The van der Waals surface area contributed by atoms with Crippen LogP contribution >= 0.6 is 11.3 Å². The summed E-state index contributed by atoms with van der Waals surface area (Å²) in [4.78, 5) is 20.2. The van der Waals surface area contributed by atoms with E-state index in [1.165, 1.54) is 4.88 Å². The van der Waals surface area contributed by atoms with Crippen molar-refractivity contribution in [1.82, 2.24) is 19.8 Å². The number of nitrogens with zero attached hydrogens (tertiary/aromatic N) is 3. The number of amides is 2. The number of carbonyl (C=O) groups is 1. The minimum atomic E-state index is -0.198. The number of rotatable bonds is 8. The normalized spacial score (nSPS) is 12.3. The Morgan fingerprint density at radius 3 is 2.76 bits per heavy atom. The number of likely N-dealkylation sites (N-methyl/N-ethyl adjacent to an activating group) is 1. The standard InChI is InChI=1S/C22H29N5OS/c1-16(2)21-23-10-11-27(21)15-17-7-5-8-18(13-17)25-22(28)24-14-19(26(3)4)20-9-6-12-29-20/h5-13,16,19H,14-15H2,1-4H3,(H2,24,25,28). The first kappa shape index (κ1) is 21.1. The highest BCUT2D eigenvalue weighted by molar-refractivity contribution is 7.10. The Bertz CT molecular complexity index is 917. The third-order valence-electron chi connectivity index (χ3n) is 4.75. The largest absolute Gasteiger partial charge is 0.336 e. The fraction of sp³-hybridized carbons (Fsp3) is 0.364. The predicted octanol–water partition coefficient (Wildman–Crippen LogP) is 4.54. The van der Waals surface area contributed by atoms with Gasteiger partial charge in [-0.05, 0) is 43.2 Å². The number of anilines is 1. The Balaban J connectivity index is 1.59. The van der Waals surface area contributed by atoms with Crippen LogP contribution in [0.5, 0.6) is 0 Å². The van der Waals surface area contributed by atoms with Crippen LogP contribution in [0.25, 0.3) is 0 Å². The van der Waals surface area contributed by atoms with E-state index in [2.05, 4.69) is 56.4 Å². The lowest BCUT2D eigenvalue weighted by Gasteiger charge is -2.23. The molecule has 0 aliphatic carbocycles. The fourth-order valence-corrected chi connectivity index (χ4v) is 4.21. The van der Waals surface area contributed by atoms with Crippen LogP contribution in [0.2, 0.25) is 0 Å². The summed E-state index contributed by atoms with van der Waals surface area (Å²) in [5.41, 5.74) is 1.90. The van der Waals surface area contributed by atoms with Crippen LogP contribution in [-0.2, 0) is 6.54 Å². The number of benzene rings is 1. The number of nitrogens with one attached hydrogen (secondary N) is 2. The van der Waals surface area contributed by atoms with Crippen molar-refractivity contribution in [2.75, 3.05) is 26.0 Å². The summed E-state index contributed by atoms with van der Waals surface area (Å²) in [5.74, 6) is 1.43. The van der Waals surface area contributed by atoms with Crippen LogP contribution in [0, 0.1) is 0 Å². The van der Waals surface area contributed by atoms with Gasteiger partial charge in [-0.3, -0.25) is 0 Å². The predicted molar refractivity (Wildman–Crippen MR) is 120 cm³/mol. The molecule has 0 aliphatic heterocycles. The van der Waals surface area contributed by atoms with E-state index >= 15 is 0 Å². The van der Waals surface area contributed by atoms with Crippen molar-refractivity contribution in [2.45, 2.75) is 32.4 Å². The molecule has 1 aromatic carbocycles. The number of hydrogen-bond donors (Lipinski definition) is 2. The molecular weight excluding hydrogens is 382 g/mol. The molecule has 2 amide bonds. The molecule has 2 aromatic heterocycles. The number of hydrogen-bond acceptors (Lipinski definition) is 4. The number of imidazole rings is 1. The lowest BCUT2D eigenvalue weighted by Crippen LogP contribution is -2.36. The Morgan fingerprint density at radius 2 is 2.07 bits per heavy atom. The molecule has 3 aromatic rings. The number of urea groups is 1. The molecule has 1 unspecified atom stereocenters. The van der Waals surface area contributed by atoms with Crippen molar-refractivity contribution in [1.29, 1.82) is 0 Å². The van der Waals surface area contributed by atoms with E-state index in [1.807, 2.05) is 50.8 Å². The number of carbonyl (C=O) groups excluding carboxylic acids is 1. The van der Waals surface area contributed by atoms with Gasteiger partial charge in [0.15, 0.2) is 0 Å². The van der Waals surface area contributed by atoms with Crippen LogP contribution in [0.15, 0.2) is 54.2 Å². The summed E-state index contributed by atoms with van der Waals surface area (Å²) in [5, 5.41) is 8.00. The molecule has 0 saturated heterocycles. The molecule has 154 valence electrons. The van der Waals surface area contributed by atoms with Crippen molar-refractivity contribution in [3.63, 3.8) is 0 Å². The first-order valence-corrected chi connectivity index (χ1v) is 10.7. The Kier molecular flexibility index (Phi) is 7.06. The molecule has 0 fully saturated rings. The maximum Gasteiger partial charge on any atom is 0.319 e. The van der Waals surface area contributed by atoms with Crippen LogP contribution in [0.1, 0.15) is 42.1 Å². The van der Waals surface area contributed by atoms with Gasteiger partial charge in [0.25, 0.3) is 0 Å². The first-order chi connectivity index (χ1) is 13.9. The molecule has 3 rings (SSSR count). The summed E-state index contributed by atoms with van der Waals surface area (Å²) in [6.45, 7) is 5.55. The van der Waals surface area contributed by atoms with Crippen molar-refractivity contribution in [3.05, 3.63) is 70.4 Å². The molecule has 0 aliphatic rings. The number of thiophene rings is 1. The zero-order valence-electron chi connectivity index (χ0n) is 17.4. The maximum absolute atomic E-state index is 12.4. The highest BCUT2D eigenvalue weighted by Crippen LogP contribution is 2.22. The second-order valence-electron chi connectivity index (χ2n) is 7.60. The van der Waals surface area contributed by atoms with Crippen molar-refractivity contribution in [2.24, 2.45) is 0 Å². The highest BCUT2D eigenvalue weighted by atomic mass is 32.1.